The van der Waals surface area contributed by atoms with E-state index in [0.29, 0.717) is 17.4 Å². The van der Waals surface area contributed by atoms with Crippen LogP contribution in [0.4, 0.5) is 11.8 Å². The summed E-state index contributed by atoms with van der Waals surface area (Å²) in [5.41, 5.74) is 0.228. The predicted octanol–water partition coefficient (Wildman–Crippen LogP) is 1.25. The molecule has 2 aliphatic heterocycles. The summed E-state index contributed by atoms with van der Waals surface area (Å²) < 4.78 is 9.39. The van der Waals surface area contributed by atoms with Crippen LogP contribution in [-0.2, 0) is 23.1 Å². The Hall–Kier alpha value is -3.91. The first-order valence-electron chi connectivity index (χ1n) is 13.0. The largest absolute Gasteiger partial charge is 0.376 e. The molecule has 202 valence electrons. The number of aromatic nitrogens is 7. The molecule has 0 spiro atoms. The number of carbonyl (C=O) groups is 1. The van der Waals surface area contributed by atoms with Crippen molar-refractivity contribution >= 4 is 40.2 Å². The van der Waals surface area contributed by atoms with Gasteiger partial charge in [0, 0.05) is 50.1 Å². The van der Waals surface area contributed by atoms with E-state index in [9.17, 15) is 14.4 Å². The third kappa shape index (κ3) is 4.14. The van der Waals surface area contributed by atoms with Crippen LogP contribution in [0.15, 0.2) is 33.7 Å². The maximum atomic E-state index is 13.3. The van der Waals surface area contributed by atoms with E-state index in [-0.39, 0.29) is 29.7 Å². The molecule has 3 aliphatic rings. The lowest BCUT2D eigenvalue weighted by Crippen LogP contribution is -2.45. The Morgan fingerprint density at radius 2 is 1.95 bits per heavy atom. The minimum atomic E-state index is -0.784. The van der Waals surface area contributed by atoms with E-state index in [1.165, 1.54) is 33.2 Å². The van der Waals surface area contributed by atoms with E-state index in [1.54, 1.807) is 31.7 Å². The van der Waals surface area contributed by atoms with Gasteiger partial charge >= 0.3 is 5.69 Å². The number of imidazole rings is 1. The molecule has 0 bridgehead atoms. The highest BCUT2D eigenvalue weighted by Crippen LogP contribution is 2.45. The number of nitrogens with one attached hydrogen (secondary N) is 1. The van der Waals surface area contributed by atoms with Crippen LogP contribution >= 0.6 is 11.3 Å². The van der Waals surface area contributed by atoms with E-state index >= 15 is 0 Å². The second-order valence-electron chi connectivity index (χ2n) is 10.5. The van der Waals surface area contributed by atoms with Crippen molar-refractivity contribution in [3.8, 4) is 10.6 Å². The smallest absolute Gasteiger partial charge is 0.332 e. The Bertz CT molecular complexity index is 1690. The summed E-state index contributed by atoms with van der Waals surface area (Å²) in [6.45, 7) is 4.51. The molecule has 4 aromatic rings. The van der Waals surface area contributed by atoms with E-state index < -0.39 is 17.3 Å². The van der Waals surface area contributed by atoms with Crippen LogP contribution < -0.4 is 21.5 Å². The number of aryl methyl sites for hydroxylation is 1. The number of nitrogens with zero attached hydrogens (tertiary/aromatic N) is 8. The first kappa shape index (κ1) is 24.2. The maximum absolute atomic E-state index is 13.3. The monoisotopic (exact) mass is 549 g/mol. The number of carbonyl (C=O) groups excluding carboxylic acids is 1. The fourth-order valence-electron chi connectivity index (χ4n) is 5.35. The molecule has 39 heavy (non-hydrogen) atoms. The lowest BCUT2D eigenvalue weighted by atomic mass is 10.2. The van der Waals surface area contributed by atoms with Crippen LogP contribution in [0.1, 0.15) is 25.8 Å². The second-order valence-corrected chi connectivity index (χ2v) is 11.4. The molecule has 3 unspecified atom stereocenters. The highest BCUT2D eigenvalue weighted by atomic mass is 32.1. The number of hydrogen-bond acceptors (Lipinski definition) is 10. The van der Waals surface area contributed by atoms with Gasteiger partial charge in [0.1, 0.15) is 16.9 Å². The molecular formula is C25H27N9O4S. The normalized spacial score (nSPS) is 22.5. The topological polar surface area (TPSA) is 142 Å². The molecule has 4 aromatic heterocycles. The zero-order chi connectivity index (χ0) is 26.8. The standard InChI is InChI=1S/C25H27N9O4S/c1-13(34-12-28-20-19(34)23(36)33(25(37)31(20)2)10-17-3-4-38-17)21(35)29-18-11-39-22(30-18)16-6-26-24(27-7-16)32-8-14-5-15(14)9-32/h6-7,11-15,17H,3-5,8-10H2,1-2H3,(H,29,35)/t13-,14?,15?,17?/m0/s1. The number of rotatable bonds is 7. The number of piperidine rings is 1. The van der Waals surface area contributed by atoms with Crippen LogP contribution in [0, 0.1) is 11.8 Å². The molecule has 13 nitrogen and oxygen atoms in total. The van der Waals surface area contributed by atoms with Crippen LogP contribution in [0.25, 0.3) is 21.7 Å². The number of fused-ring (bicyclic) bond motifs is 2. The fourth-order valence-corrected chi connectivity index (χ4v) is 6.08. The lowest BCUT2D eigenvalue weighted by Gasteiger charge is -2.26. The average Bonchev–Trinajstić information content (AvgIpc) is 3.29. The molecule has 7 rings (SSSR count). The third-order valence-electron chi connectivity index (χ3n) is 7.94. The number of ether oxygens (including phenoxy) is 1. The number of amides is 1. The highest BCUT2D eigenvalue weighted by molar-refractivity contribution is 7.13. The summed E-state index contributed by atoms with van der Waals surface area (Å²) in [7, 11) is 1.56. The number of thiazole rings is 1. The van der Waals surface area contributed by atoms with Crippen molar-refractivity contribution in [1.29, 1.82) is 0 Å². The summed E-state index contributed by atoms with van der Waals surface area (Å²) in [4.78, 5) is 59.4. The van der Waals surface area contributed by atoms with Crippen LogP contribution in [0.3, 0.4) is 0 Å². The second kappa shape index (κ2) is 9.09. The minimum absolute atomic E-state index is 0.165. The molecule has 4 atom stereocenters. The first-order chi connectivity index (χ1) is 18.9. The molecule has 1 aliphatic carbocycles. The third-order valence-corrected chi connectivity index (χ3v) is 8.83. The van der Waals surface area contributed by atoms with Crippen molar-refractivity contribution in [2.45, 2.75) is 38.5 Å². The molecule has 1 N–H and O–H groups in total. The van der Waals surface area contributed by atoms with Gasteiger partial charge in [0.2, 0.25) is 11.9 Å². The van der Waals surface area contributed by atoms with Crippen LogP contribution in [0.2, 0.25) is 0 Å². The summed E-state index contributed by atoms with van der Waals surface area (Å²) >= 11 is 1.38. The van der Waals surface area contributed by atoms with Gasteiger partial charge in [-0.3, -0.25) is 18.7 Å². The van der Waals surface area contributed by atoms with Crippen molar-refractivity contribution in [3.63, 3.8) is 0 Å². The molecule has 0 aromatic carbocycles. The quantitative estimate of drug-likeness (QED) is 0.360. The van der Waals surface area contributed by atoms with Crippen molar-refractivity contribution in [1.82, 2.24) is 33.6 Å². The van der Waals surface area contributed by atoms with Gasteiger partial charge in [-0.05, 0) is 31.6 Å². The van der Waals surface area contributed by atoms with E-state index in [4.69, 9.17) is 4.74 Å². The number of anilines is 2. The molecule has 14 heteroatoms. The highest BCUT2D eigenvalue weighted by Gasteiger charge is 2.45. The van der Waals surface area contributed by atoms with Gasteiger partial charge in [0.05, 0.1) is 19.0 Å². The van der Waals surface area contributed by atoms with Crippen molar-refractivity contribution in [2.75, 3.05) is 29.9 Å². The molecule has 3 fully saturated rings. The summed E-state index contributed by atoms with van der Waals surface area (Å²) in [6, 6.07) is -0.784. The maximum Gasteiger partial charge on any atom is 0.332 e. The summed E-state index contributed by atoms with van der Waals surface area (Å²) in [5.74, 6) is 2.38. The zero-order valence-electron chi connectivity index (χ0n) is 21.5. The first-order valence-corrected chi connectivity index (χ1v) is 13.9. The Morgan fingerprint density at radius 3 is 2.64 bits per heavy atom. The molecule has 1 amide bonds. The van der Waals surface area contributed by atoms with Gasteiger partial charge < -0.3 is 19.5 Å². The van der Waals surface area contributed by atoms with Crippen molar-refractivity contribution in [3.05, 3.63) is 44.9 Å². The Balaban J connectivity index is 1.09. The van der Waals surface area contributed by atoms with Gasteiger partial charge in [-0.15, -0.1) is 11.3 Å². The summed E-state index contributed by atoms with van der Waals surface area (Å²) in [5, 5.41) is 5.27. The van der Waals surface area contributed by atoms with Gasteiger partial charge in [-0.25, -0.2) is 24.7 Å². The van der Waals surface area contributed by atoms with Gasteiger partial charge in [0.15, 0.2) is 11.2 Å². The Morgan fingerprint density at radius 1 is 1.21 bits per heavy atom. The van der Waals surface area contributed by atoms with Crippen LogP contribution in [-0.4, -0.2) is 65.3 Å². The molecule has 1 saturated carbocycles. The van der Waals surface area contributed by atoms with Crippen molar-refractivity contribution < 1.29 is 9.53 Å². The van der Waals surface area contributed by atoms with Gasteiger partial charge in [0.25, 0.3) is 5.56 Å². The zero-order valence-corrected chi connectivity index (χ0v) is 22.3. The van der Waals surface area contributed by atoms with E-state index in [1.807, 2.05) is 0 Å². The van der Waals surface area contributed by atoms with Crippen molar-refractivity contribution in [2.24, 2.45) is 18.9 Å². The van der Waals surface area contributed by atoms with Gasteiger partial charge in [-0.1, -0.05) is 0 Å². The Kier molecular flexibility index (Phi) is 5.63. The number of hydrogen-bond donors (Lipinski definition) is 1. The lowest BCUT2D eigenvalue weighted by molar-refractivity contribution is -0.118. The predicted molar refractivity (Wildman–Crippen MR) is 144 cm³/mol. The molecule has 0 radical (unpaired) electrons. The minimum Gasteiger partial charge on any atom is -0.376 e. The molecule has 6 heterocycles. The van der Waals surface area contributed by atoms with Crippen LogP contribution in [0.5, 0.6) is 0 Å². The fraction of sp³-hybridized carbons (Fsp3) is 0.480. The van der Waals surface area contributed by atoms with E-state index in [2.05, 4.69) is 30.2 Å². The average molecular weight is 550 g/mol. The SMILES string of the molecule is C[C@@H](C(=O)Nc1csc(-c2cnc(N3CC4CC4C3)nc2)n1)n1cnc2c1c(=O)n(CC1CCO1)c(=O)n2C. The van der Waals surface area contributed by atoms with Gasteiger partial charge in [-0.2, -0.15) is 0 Å². The summed E-state index contributed by atoms with van der Waals surface area (Å²) in [6.07, 6.45) is 6.88. The van der Waals surface area contributed by atoms with E-state index in [0.717, 1.165) is 47.4 Å². The molecular weight excluding hydrogens is 522 g/mol. The molecule has 2 saturated heterocycles. The Labute approximate surface area is 226 Å².